The van der Waals surface area contributed by atoms with Crippen molar-refractivity contribution in [2.75, 3.05) is 18.9 Å². The number of nitrogens with one attached hydrogen (secondary N) is 3. The van der Waals surface area contributed by atoms with Gasteiger partial charge >= 0.3 is 0 Å². The van der Waals surface area contributed by atoms with Crippen LogP contribution in [0.4, 0.5) is 5.69 Å². The van der Waals surface area contributed by atoms with Crippen LogP contribution in [0.25, 0.3) is 0 Å². The van der Waals surface area contributed by atoms with Gasteiger partial charge in [0.05, 0.1) is 6.54 Å². The van der Waals surface area contributed by atoms with E-state index in [1.54, 1.807) is 19.2 Å². The Morgan fingerprint density at radius 3 is 2.55 bits per heavy atom. The Labute approximate surface area is 131 Å². The van der Waals surface area contributed by atoms with Gasteiger partial charge in [0.15, 0.2) is 0 Å². The third-order valence-corrected chi connectivity index (χ3v) is 4.04. The first-order chi connectivity index (χ1) is 10.6. The molecular weight excluding hydrogens is 278 g/mol. The van der Waals surface area contributed by atoms with Crippen LogP contribution < -0.4 is 16.0 Å². The van der Waals surface area contributed by atoms with Crippen LogP contribution in [0, 0.1) is 6.92 Å². The Hall–Kier alpha value is -1.88. The van der Waals surface area contributed by atoms with Gasteiger partial charge in [-0.3, -0.25) is 9.59 Å². The molecule has 2 rings (SSSR count). The van der Waals surface area contributed by atoms with Gasteiger partial charge in [-0.25, -0.2) is 0 Å². The van der Waals surface area contributed by atoms with Crippen LogP contribution in [-0.2, 0) is 4.79 Å². The minimum atomic E-state index is -0.0926. The molecular formula is C17H25N3O2. The predicted octanol–water partition coefficient (Wildman–Crippen LogP) is 2.22. The Bertz CT molecular complexity index is 537. The number of likely N-dealkylation sites (N-methyl/N-ethyl adjacent to an activating group) is 1. The Morgan fingerprint density at radius 2 is 1.91 bits per heavy atom. The molecule has 1 fully saturated rings. The van der Waals surface area contributed by atoms with Gasteiger partial charge < -0.3 is 16.0 Å². The average Bonchev–Trinajstić information content (AvgIpc) is 2.50. The van der Waals surface area contributed by atoms with Crippen LogP contribution in [0.5, 0.6) is 0 Å². The maximum Gasteiger partial charge on any atom is 0.251 e. The molecule has 0 bridgehead atoms. The average molecular weight is 303 g/mol. The van der Waals surface area contributed by atoms with Crippen molar-refractivity contribution in [2.45, 2.75) is 45.1 Å². The number of aryl methyl sites for hydroxylation is 1. The van der Waals surface area contributed by atoms with Crippen molar-refractivity contribution in [3.05, 3.63) is 29.3 Å². The first-order valence-corrected chi connectivity index (χ1v) is 7.96. The molecule has 120 valence electrons. The van der Waals surface area contributed by atoms with Crippen molar-refractivity contribution in [3.8, 4) is 0 Å². The molecule has 5 heteroatoms. The monoisotopic (exact) mass is 303 g/mol. The van der Waals surface area contributed by atoms with E-state index in [9.17, 15) is 9.59 Å². The molecule has 2 amide bonds. The van der Waals surface area contributed by atoms with Crippen molar-refractivity contribution >= 4 is 17.5 Å². The van der Waals surface area contributed by atoms with Crippen LogP contribution >= 0.6 is 0 Å². The Morgan fingerprint density at radius 1 is 1.18 bits per heavy atom. The second-order valence-corrected chi connectivity index (χ2v) is 5.92. The second-order valence-electron chi connectivity index (χ2n) is 5.92. The van der Waals surface area contributed by atoms with Crippen LogP contribution in [0.2, 0.25) is 0 Å². The Balaban J connectivity index is 1.98. The molecule has 0 atom stereocenters. The fourth-order valence-electron chi connectivity index (χ4n) is 2.82. The van der Waals surface area contributed by atoms with Gasteiger partial charge in [0.1, 0.15) is 0 Å². The summed E-state index contributed by atoms with van der Waals surface area (Å²) in [5.74, 6) is -0.117. The van der Waals surface area contributed by atoms with E-state index in [2.05, 4.69) is 16.0 Å². The summed E-state index contributed by atoms with van der Waals surface area (Å²) < 4.78 is 0. The van der Waals surface area contributed by atoms with Gasteiger partial charge in [-0.1, -0.05) is 19.3 Å². The Kier molecular flexibility index (Phi) is 5.95. The van der Waals surface area contributed by atoms with Crippen LogP contribution in [0.1, 0.15) is 48.0 Å². The van der Waals surface area contributed by atoms with Gasteiger partial charge in [0, 0.05) is 17.3 Å². The number of benzene rings is 1. The van der Waals surface area contributed by atoms with E-state index < -0.39 is 0 Å². The lowest BCUT2D eigenvalue weighted by Crippen LogP contribution is -2.36. The fraction of sp³-hybridized carbons (Fsp3) is 0.529. The van der Waals surface area contributed by atoms with E-state index in [1.807, 2.05) is 13.0 Å². The highest BCUT2D eigenvalue weighted by molar-refractivity contribution is 5.97. The summed E-state index contributed by atoms with van der Waals surface area (Å²) in [6.07, 6.45) is 5.80. The molecule has 1 aromatic carbocycles. The zero-order chi connectivity index (χ0) is 15.9. The standard InChI is InChI=1S/C17H25N3O2/c1-12-10-13(8-9-15(12)20-16(21)11-18-2)17(22)19-14-6-4-3-5-7-14/h8-10,14,18H,3-7,11H2,1-2H3,(H,19,22)(H,20,21). The molecule has 0 aromatic heterocycles. The molecule has 0 saturated heterocycles. The highest BCUT2D eigenvalue weighted by Gasteiger charge is 2.17. The quantitative estimate of drug-likeness (QED) is 0.781. The van der Waals surface area contributed by atoms with Crippen molar-refractivity contribution in [1.29, 1.82) is 0 Å². The second kappa shape index (κ2) is 7.94. The number of hydrogen-bond acceptors (Lipinski definition) is 3. The van der Waals surface area contributed by atoms with Crippen LogP contribution in [-0.4, -0.2) is 31.4 Å². The van der Waals surface area contributed by atoms with Gasteiger partial charge in [0.25, 0.3) is 5.91 Å². The highest BCUT2D eigenvalue weighted by Crippen LogP contribution is 2.19. The molecule has 3 N–H and O–H groups in total. The first-order valence-electron chi connectivity index (χ1n) is 7.96. The molecule has 0 radical (unpaired) electrons. The van der Waals surface area contributed by atoms with Crippen molar-refractivity contribution in [1.82, 2.24) is 10.6 Å². The lowest BCUT2D eigenvalue weighted by molar-refractivity contribution is -0.115. The van der Waals surface area contributed by atoms with E-state index in [-0.39, 0.29) is 18.4 Å². The molecule has 1 aromatic rings. The number of amides is 2. The lowest BCUT2D eigenvalue weighted by Gasteiger charge is -2.23. The summed E-state index contributed by atoms with van der Waals surface area (Å²) in [5, 5.41) is 8.74. The number of hydrogen-bond donors (Lipinski definition) is 3. The number of anilines is 1. The van der Waals surface area contributed by atoms with E-state index in [1.165, 1.54) is 19.3 Å². The first kappa shape index (κ1) is 16.5. The zero-order valence-corrected chi connectivity index (χ0v) is 13.4. The van der Waals surface area contributed by atoms with E-state index in [0.29, 0.717) is 11.6 Å². The van der Waals surface area contributed by atoms with Crippen molar-refractivity contribution < 1.29 is 9.59 Å². The molecule has 0 spiro atoms. The van der Waals surface area contributed by atoms with Crippen LogP contribution in [0.3, 0.4) is 0 Å². The number of rotatable bonds is 5. The van der Waals surface area contributed by atoms with Crippen molar-refractivity contribution in [2.24, 2.45) is 0 Å². The van der Waals surface area contributed by atoms with Gasteiger partial charge in [-0.05, 0) is 50.6 Å². The summed E-state index contributed by atoms with van der Waals surface area (Å²) in [4.78, 5) is 23.9. The third-order valence-electron chi connectivity index (χ3n) is 4.04. The molecule has 1 saturated carbocycles. The fourth-order valence-corrected chi connectivity index (χ4v) is 2.82. The SMILES string of the molecule is CNCC(=O)Nc1ccc(C(=O)NC2CCCCC2)cc1C. The summed E-state index contributed by atoms with van der Waals surface area (Å²) >= 11 is 0. The van der Waals surface area contributed by atoms with Gasteiger partial charge in [-0.15, -0.1) is 0 Å². The normalized spacial score (nSPS) is 15.4. The topological polar surface area (TPSA) is 70.2 Å². The minimum absolute atomic E-state index is 0.0249. The van der Waals surface area contributed by atoms with Gasteiger partial charge in [0.2, 0.25) is 5.91 Å². The summed E-state index contributed by atoms with van der Waals surface area (Å²) in [6.45, 7) is 2.16. The largest absolute Gasteiger partial charge is 0.349 e. The lowest BCUT2D eigenvalue weighted by atomic mass is 9.95. The summed E-state index contributed by atoms with van der Waals surface area (Å²) in [7, 11) is 1.73. The zero-order valence-electron chi connectivity index (χ0n) is 13.4. The molecule has 5 nitrogen and oxygen atoms in total. The number of carbonyl (C=O) groups is 2. The van der Waals surface area contributed by atoms with Crippen LogP contribution in [0.15, 0.2) is 18.2 Å². The molecule has 1 aliphatic rings. The minimum Gasteiger partial charge on any atom is -0.349 e. The molecule has 1 aliphatic carbocycles. The van der Waals surface area contributed by atoms with E-state index >= 15 is 0 Å². The molecule has 22 heavy (non-hydrogen) atoms. The van der Waals surface area contributed by atoms with Crippen molar-refractivity contribution in [3.63, 3.8) is 0 Å². The predicted molar refractivity (Wildman–Crippen MR) is 88.1 cm³/mol. The van der Waals surface area contributed by atoms with E-state index in [0.717, 1.165) is 24.1 Å². The number of carbonyl (C=O) groups excluding carboxylic acids is 2. The highest BCUT2D eigenvalue weighted by atomic mass is 16.2. The smallest absolute Gasteiger partial charge is 0.251 e. The maximum atomic E-state index is 12.3. The molecule has 0 unspecified atom stereocenters. The summed E-state index contributed by atoms with van der Waals surface area (Å²) in [6, 6.07) is 5.68. The molecule has 0 aliphatic heterocycles. The summed E-state index contributed by atoms with van der Waals surface area (Å²) in [5.41, 5.74) is 2.28. The molecule has 0 heterocycles. The third kappa shape index (κ3) is 4.56. The maximum absolute atomic E-state index is 12.3. The van der Waals surface area contributed by atoms with Gasteiger partial charge in [-0.2, -0.15) is 0 Å². The van der Waals surface area contributed by atoms with E-state index in [4.69, 9.17) is 0 Å².